The Morgan fingerprint density at radius 1 is 1.25 bits per heavy atom. The summed E-state index contributed by atoms with van der Waals surface area (Å²) in [5.74, 6) is -0.0501. The van der Waals surface area contributed by atoms with Crippen molar-refractivity contribution in [2.24, 2.45) is 0 Å². The number of sulfonamides is 1. The highest BCUT2D eigenvalue weighted by atomic mass is 32.2. The maximum absolute atomic E-state index is 12.7. The normalized spacial score (nSPS) is 12.2. The highest BCUT2D eigenvalue weighted by Gasteiger charge is 2.27. The number of hydrogen-bond donors (Lipinski definition) is 1. The fourth-order valence-corrected chi connectivity index (χ4v) is 4.32. The van der Waals surface area contributed by atoms with Gasteiger partial charge in [0, 0.05) is 17.5 Å². The molecule has 1 aromatic carbocycles. The van der Waals surface area contributed by atoms with E-state index in [1.54, 1.807) is 0 Å². The minimum Gasteiger partial charge on any atom is -0.508 e. The fraction of sp³-hybridized carbons (Fsp3) is 0.286. The minimum absolute atomic E-state index is 0.0501. The monoisotopic (exact) mass is 311 g/mol. The molecule has 0 aliphatic rings. The second-order valence-corrected chi connectivity index (χ2v) is 7.64. The van der Waals surface area contributed by atoms with E-state index in [9.17, 15) is 13.5 Å². The van der Waals surface area contributed by atoms with Crippen molar-refractivity contribution in [2.75, 3.05) is 0 Å². The van der Waals surface area contributed by atoms with Gasteiger partial charge in [0.1, 0.15) is 5.75 Å². The van der Waals surface area contributed by atoms with Crippen molar-refractivity contribution in [2.45, 2.75) is 31.3 Å². The zero-order valence-corrected chi connectivity index (χ0v) is 13.0. The lowest BCUT2D eigenvalue weighted by Gasteiger charge is -2.25. The van der Waals surface area contributed by atoms with Gasteiger partial charge in [0.25, 0.3) is 0 Å². The van der Waals surface area contributed by atoms with E-state index in [0.717, 1.165) is 4.88 Å². The standard InChI is InChI=1S/C14H17NO3S2/c1-11(2)15(10-13-6-4-8-19-13)20(17,18)14-7-3-5-12(16)9-14/h3-9,11,16H,10H2,1-2H3. The molecule has 0 fully saturated rings. The van der Waals surface area contributed by atoms with Gasteiger partial charge >= 0.3 is 0 Å². The average molecular weight is 311 g/mol. The molecule has 2 rings (SSSR count). The Hall–Kier alpha value is -1.37. The molecule has 0 bridgehead atoms. The Morgan fingerprint density at radius 2 is 2.00 bits per heavy atom. The molecule has 0 unspecified atom stereocenters. The molecule has 0 radical (unpaired) electrons. The highest BCUT2D eigenvalue weighted by molar-refractivity contribution is 7.89. The van der Waals surface area contributed by atoms with Crippen molar-refractivity contribution in [1.29, 1.82) is 0 Å². The Kier molecular flexibility index (Phi) is 4.47. The first kappa shape index (κ1) is 15.0. The molecule has 1 aromatic heterocycles. The third-order valence-electron chi connectivity index (χ3n) is 2.89. The third-order valence-corrected chi connectivity index (χ3v) is 5.77. The molecular formula is C14H17NO3S2. The summed E-state index contributed by atoms with van der Waals surface area (Å²) in [5, 5.41) is 11.4. The predicted molar refractivity (Wildman–Crippen MR) is 80.3 cm³/mol. The average Bonchev–Trinajstić information content (AvgIpc) is 2.88. The molecule has 0 saturated carbocycles. The zero-order valence-electron chi connectivity index (χ0n) is 11.4. The van der Waals surface area contributed by atoms with E-state index in [1.807, 2.05) is 31.4 Å². The minimum atomic E-state index is -3.62. The Labute approximate surface area is 123 Å². The van der Waals surface area contributed by atoms with E-state index in [2.05, 4.69) is 0 Å². The Bertz CT molecular complexity index is 663. The van der Waals surface area contributed by atoms with Crippen LogP contribution in [0.4, 0.5) is 0 Å². The van der Waals surface area contributed by atoms with Gasteiger partial charge in [-0.2, -0.15) is 4.31 Å². The Morgan fingerprint density at radius 3 is 2.55 bits per heavy atom. The number of benzene rings is 1. The number of thiophene rings is 1. The quantitative estimate of drug-likeness (QED) is 0.923. The highest BCUT2D eigenvalue weighted by Crippen LogP contribution is 2.24. The van der Waals surface area contributed by atoms with Gasteiger partial charge in [-0.25, -0.2) is 8.42 Å². The summed E-state index contributed by atoms with van der Waals surface area (Å²) < 4.78 is 26.8. The topological polar surface area (TPSA) is 57.6 Å². The van der Waals surface area contributed by atoms with Crippen LogP contribution in [0.25, 0.3) is 0 Å². The van der Waals surface area contributed by atoms with Gasteiger partial charge in [0.15, 0.2) is 0 Å². The summed E-state index contributed by atoms with van der Waals surface area (Å²) in [6.45, 7) is 4.02. The molecule has 0 amide bonds. The second kappa shape index (κ2) is 5.95. The molecule has 0 aliphatic carbocycles. The van der Waals surface area contributed by atoms with E-state index in [4.69, 9.17) is 0 Å². The third kappa shape index (κ3) is 3.20. The van der Waals surface area contributed by atoms with E-state index >= 15 is 0 Å². The number of rotatable bonds is 5. The molecule has 6 heteroatoms. The summed E-state index contributed by atoms with van der Waals surface area (Å²) in [7, 11) is -3.62. The summed E-state index contributed by atoms with van der Waals surface area (Å²) in [6.07, 6.45) is 0. The van der Waals surface area contributed by atoms with Gasteiger partial charge in [-0.15, -0.1) is 11.3 Å². The van der Waals surface area contributed by atoms with Crippen LogP contribution in [0.3, 0.4) is 0 Å². The lowest BCUT2D eigenvalue weighted by Crippen LogP contribution is -2.36. The lowest BCUT2D eigenvalue weighted by atomic mass is 10.3. The van der Waals surface area contributed by atoms with Crippen LogP contribution >= 0.6 is 11.3 Å². The van der Waals surface area contributed by atoms with Crippen LogP contribution in [0.15, 0.2) is 46.7 Å². The summed E-state index contributed by atoms with van der Waals surface area (Å²) in [4.78, 5) is 1.10. The van der Waals surface area contributed by atoms with Gasteiger partial charge in [-0.05, 0) is 43.5 Å². The maximum atomic E-state index is 12.7. The van der Waals surface area contributed by atoms with Crippen molar-refractivity contribution in [3.05, 3.63) is 46.7 Å². The van der Waals surface area contributed by atoms with Gasteiger partial charge in [0.2, 0.25) is 10.0 Å². The molecule has 20 heavy (non-hydrogen) atoms. The first-order chi connectivity index (χ1) is 9.41. The van der Waals surface area contributed by atoms with Crippen molar-refractivity contribution in [1.82, 2.24) is 4.31 Å². The fourth-order valence-electron chi connectivity index (χ4n) is 1.88. The molecular weight excluding hydrogens is 294 g/mol. The van der Waals surface area contributed by atoms with Crippen molar-refractivity contribution in [3.63, 3.8) is 0 Å². The van der Waals surface area contributed by atoms with Crippen LogP contribution in [-0.4, -0.2) is 23.9 Å². The number of phenols is 1. The predicted octanol–water partition coefficient (Wildman–Crippen LogP) is 3.05. The molecule has 0 spiro atoms. The van der Waals surface area contributed by atoms with Crippen LogP contribution in [-0.2, 0) is 16.6 Å². The largest absolute Gasteiger partial charge is 0.508 e. The van der Waals surface area contributed by atoms with Crippen molar-refractivity contribution < 1.29 is 13.5 Å². The van der Waals surface area contributed by atoms with E-state index < -0.39 is 10.0 Å². The van der Waals surface area contributed by atoms with Crippen LogP contribution in [0.2, 0.25) is 0 Å². The summed E-state index contributed by atoms with van der Waals surface area (Å²) >= 11 is 1.53. The number of nitrogens with zero attached hydrogens (tertiary/aromatic N) is 1. The molecule has 108 valence electrons. The summed E-state index contributed by atoms with van der Waals surface area (Å²) in [5.41, 5.74) is 0. The lowest BCUT2D eigenvalue weighted by molar-refractivity contribution is 0.350. The second-order valence-electron chi connectivity index (χ2n) is 4.72. The van der Waals surface area contributed by atoms with Gasteiger partial charge in [-0.3, -0.25) is 0 Å². The maximum Gasteiger partial charge on any atom is 0.243 e. The van der Waals surface area contributed by atoms with Gasteiger partial charge in [-0.1, -0.05) is 12.1 Å². The zero-order chi connectivity index (χ0) is 14.8. The van der Waals surface area contributed by atoms with Crippen molar-refractivity contribution in [3.8, 4) is 5.75 Å². The van der Waals surface area contributed by atoms with Crippen molar-refractivity contribution >= 4 is 21.4 Å². The SMILES string of the molecule is CC(C)N(Cc1cccs1)S(=O)(=O)c1cccc(O)c1. The molecule has 4 nitrogen and oxygen atoms in total. The van der Waals surface area contributed by atoms with E-state index in [1.165, 1.54) is 39.9 Å². The van der Waals surface area contributed by atoms with Crippen LogP contribution in [0.5, 0.6) is 5.75 Å². The first-order valence-electron chi connectivity index (χ1n) is 6.24. The van der Waals surface area contributed by atoms with E-state index in [0.29, 0.717) is 6.54 Å². The van der Waals surface area contributed by atoms with Gasteiger partial charge < -0.3 is 5.11 Å². The molecule has 0 atom stereocenters. The molecule has 2 aromatic rings. The molecule has 0 saturated heterocycles. The van der Waals surface area contributed by atoms with E-state index in [-0.39, 0.29) is 16.7 Å². The smallest absolute Gasteiger partial charge is 0.243 e. The molecule has 0 aliphatic heterocycles. The summed E-state index contributed by atoms with van der Waals surface area (Å²) in [6, 6.07) is 9.42. The Balaban J connectivity index is 2.37. The first-order valence-corrected chi connectivity index (χ1v) is 8.56. The number of aromatic hydroxyl groups is 1. The van der Waals surface area contributed by atoms with Crippen LogP contribution < -0.4 is 0 Å². The van der Waals surface area contributed by atoms with Crippen LogP contribution in [0.1, 0.15) is 18.7 Å². The molecule has 1 heterocycles. The number of hydrogen-bond acceptors (Lipinski definition) is 4. The number of phenolic OH excluding ortho intramolecular Hbond substituents is 1. The van der Waals surface area contributed by atoms with Gasteiger partial charge in [0.05, 0.1) is 4.90 Å². The van der Waals surface area contributed by atoms with Crippen LogP contribution in [0, 0.1) is 0 Å². The molecule has 1 N–H and O–H groups in total.